The lowest BCUT2D eigenvalue weighted by Crippen LogP contribution is -1.90. The molecular formula is C12H11NO2. The summed E-state index contributed by atoms with van der Waals surface area (Å²) < 4.78 is 5.24. The van der Waals surface area contributed by atoms with Gasteiger partial charge in [-0.05, 0) is 0 Å². The standard InChI is InChI=1S/C12H11NO2/c1-2-11-12(13-8-15-11)10-6-4-3-5-9(10)7-14/h3-8H,2H2,1H3. The third kappa shape index (κ3) is 1.68. The number of hydrogen-bond donors (Lipinski definition) is 0. The number of aromatic nitrogens is 1. The van der Waals surface area contributed by atoms with Gasteiger partial charge in [0.25, 0.3) is 0 Å². The van der Waals surface area contributed by atoms with Crippen LogP contribution in [0.25, 0.3) is 11.3 Å². The maximum atomic E-state index is 10.9. The van der Waals surface area contributed by atoms with Crippen LogP contribution in [-0.2, 0) is 6.42 Å². The molecular weight excluding hydrogens is 190 g/mol. The maximum Gasteiger partial charge on any atom is 0.181 e. The first kappa shape index (κ1) is 9.65. The zero-order valence-corrected chi connectivity index (χ0v) is 8.43. The first-order chi connectivity index (χ1) is 7.36. The maximum absolute atomic E-state index is 10.9. The summed E-state index contributed by atoms with van der Waals surface area (Å²) >= 11 is 0. The second kappa shape index (κ2) is 4.09. The Bertz CT molecular complexity index is 474. The SMILES string of the molecule is CCc1ocnc1-c1ccccc1C=O. The van der Waals surface area contributed by atoms with E-state index in [-0.39, 0.29) is 0 Å². The predicted octanol–water partition coefficient (Wildman–Crippen LogP) is 2.72. The molecule has 0 aliphatic carbocycles. The Labute approximate surface area is 87.8 Å². The molecule has 0 saturated heterocycles. The molecule has 0 fully saturated rings. The molecule has 1 aromatic heterocycles. The van der Waals surface area contributed by atoms with E-state index in [0.717, 1.165) is 29.7 Å². The van der Waals surface area contributed by atoms with Crippen LogP contribution in [0.4, 0.5) is 0 Å². The fraction of sp³-hybridized carbons (Fsp3) is 0.167. The number of carbonyl (C=O) groups excluding carboxylic acids is 1. The molecule has 0 spiro atoms. The summed E-state index contributed by atoms with van der Waals surface area (Å²) in [6.45, 7) is 1.99. The van der Waals surface area contributed by atoms with Gasteiger partial charge in [0.15, 0.2) is 12.7 Å². The predicted molar refractivity (Wildman–Crippen MR) is 56.7 cm³/mol. The molecule has 0 amide bonds. The van der Waals surface area contributed by atoms with Gasteiger partial charge in [-0.3, -0.25) is 4.79 Å². The molecule has 2 aromatic rings. The Hall–Kier alpha value is -1.90. The van der Waals surface area contributed by atoms with Crippen LogP contribution in [0.3, 0.4) is 0 Å². The number of carbonyl (C=O) groups is 1. The lowest BCUT2D eigenvalue weighted by molar-refractivity contribution is 0.112. The molecule has 2 rings (SSSR count). The Balaban J connectivity index is 2.58. The molecule has 0 N–H and O–H groups in total. The first-order valence-electron chi connectivity index (χ1n) is 4.83. The summed E-state index contributed by atoms with van der Waals surface area (Å²) in [6.07, 6.45) is 3.02. The van der Waals surface area contributed by atoms with Crippen molar-refractivity contribution in [3.63, 3.8) is 0 Å². The van der Waals surface area contributed by atoms with Gasteiger partial charge in [0.05, 0.1) is 0 Å². The Kier molecular flexibility index (Phi) is 2.63. The van der Waals surface area contributed by atoms with Crippen LogP contribution in [-0.4, -0.2) is 11.3 Å². The van der Waals surface area contributed by atoms with Crippen LogP contribution in [0.1, 0.15) is 23.0 Å². The molecule has 76 valence electrons. The van der Waals surface area contributed by atoms with Gasteiger partial charge >= 0.3 is 0 Å². The van der Waals surface area contributed by atoms with Crippen molar-refractivity contribution in [1.29, 1.82) is 0 Å². The largest absolute Gasteiger partial charge is 0.448 e. The minimum atomic E-state index is 0.640. The zero-order chi connectivity index (χ0) is 10.7. The second-order valence-corrected chi connectivity index (χ2v) is 3.18. The van der Waals surface area contributed by atoms with E-state index in [4.69, 9.17) is 4.42 Å². The van der Waals surface area contributed by atoms with E-state index in [1.54, 1.807) is 6.07 Å². The van der Waals surface area contributed by atoms with Crippen molar-refractivity contribution in [2.45, 2.75) is 13.3 Å². The van der Waals surface area contributed by atoms with Gasteiger partial charge in [-0.15, -0.1) is 0 Å². The Morgan fingerprint density at radius 2 is 2.20 bits per heavy atom. The van der Waals surface area contributed by atoms with E-state index in [0.29, 0.717) is 5.56 Å². The molecule has 15 heavy (non-hydrogen) atoms. The fourth-order valence-corrected chi connectivity index (χ4v) is 1.56. The number of aryl methyl sites for hydroxylation is 1. The van der Waals surface area contributed by atoms with Crippen LogP contribution in [0.15, 0.2) is 35.1 Å². The van der Waals surface area contributed by atoms with Crippen LogP contribution in [0.2, 0.25) is 0 Å². The molecule has 0 aliphatic heterocycles. The number of aldehydes is 1. The van der Waals surface area contributed by atoms with Crippen LogP contribution in [0.5, 0.6) is 0 Å². The average Bonchev–Trinajstić information content (AvgIpc) is 2.76. The zero-order valence-electron chi connectivity index (χ0n) is 8.43. The summed E-state index contributed by atoms with van der Waals surface area (Å²) in [5.74, 6) is 0.810. The normalized spacial score (nSPS) is 10.2. The summed E-state index contributed by atoms with van der Waals surface area (Å²) in [5.41, 5.74) is 2.24. The monoisotopic (exact) mass is 201 g/mol. The van der Waals surface area contributed by atoms with E-state index in [9.17, 15) is 4.79 Å². The number of oxazole rings is 1. The summed E-state index contributed by atoms with van der Waals surface area (Å²) in [7, 11) is 0. The highest BCUT2D eigenvalue weighted by Crippen LogP contribution is 2.24. The lowest BCUT2D eigenvalue weighted by atomic mass is 10.0. The van der Waals surface area contributed by atoms with Crippen molar-refractivity contribution in [1.82, 2.24) is 4.98 Å². The highest BCUT2D eigenvalue weighted by Gasteiger charge is 2.11. The highest BCUT2D eigenvalue weighted by molar-refractivity contribution is 5.86. The molecule has 3 heteroatoms. The van der Waals surface area contributed by atoms with Crippen LogP contribution in [0, 0.1) is 0 Å². The molecule has 0 radical (unpaired) electrons. The number of hydrogen-bond acceptors (Lipinski definition) is 3. The Morgan fingerprint density at radius 3 is 2.93 bits per heavy atom. The molecule has 1 heterocycles. The van der Waals surface area contributed by atoms with Crippen molar-refractivity contribution in [2.75, 3.05) is 0 Å². The quantitative estimate of drug-likeness (QED) is 0.717. The third-order valence-corrected chi connectivity index (χ3v) is 2.30. The van der Waals surface area contributed by atoms with Crippen molar-refractivity contribution < 1.29 is 9.21 Å². The fourth-order valence-electron chi connectivity index (χ4n) is 1.56. The molecule has 1 aromatic carbocycles. The van der Waals surface area contributed by atoms with E-state index in [1.807, 2.05) is 25.1 Å². The van der Waals surface area contributed by atoms with Crippen molar-refractivity contribution in [2.24, 2.45) is 0 Å². The van der Waals surface area contributed by atoms with Crippen molar-refractivity contribution in [3.05, 3.63) is 42.0 Å². The van der Waals surface area contributed by atoms with E-state index < -0.39 is 0 Å². The molecule has 0 bridgehead atoms. The number of benzene rings is 1. The van der Waals surface area contributed by atoms with E-state index >= 15 is 0 Å². The minimum absolute atomic E-state index is 0.640. The van der Waals surface area contributed by atoms with Gasteiger partial charge in [0.2, 0.25) is 0 Å². The van der Waals surface area contributed by atoms with E-state index in [1.165, 1.54) is 6.39 Å². The topological polar surface area (TPSA) is 43.1 Å². The molecule has 0 atom stereocenters. The smallest absolute Gasteiger partial charge is 0.181 e. The summed E-state index contributed by atoms with van der Waals surface area (Å²) in [4.78, 5) is 15.0. The van der Waals surface area contributed by atoms with Gasteiger partial charge in [0, 0.05) is 17.5 Å². The van der Waals surface area contributed by atoms with E-state index in [2.05, 4.69) is 4.98 Å². The van der Waals surface area contributed by atoms with Gasteiger partial charge < -0.3 is 4.42 Å². The van der Waals surface area contributed by atoms with Crippen molar-refractivity contribution in [3.8, 4) is 11.3 Å². The second-order valence-electron chi connectivity index (χ2n) is 3.18. The molecule has 0 unspecified atom stereocenters. The minimum Gasteiger partial charge on any atom is -0.448 e. The molecule has 3 nitrogen and oxygen atoms in total. The number of rotatable bonds is 3. The third-order valence-electron chi connectivity index (χ3n) is 2.30. The first-order valence-corrected chi connectivity index (χ1v) is 4.83. The number of nitrogens with zero attached hydrogens (tertiary/aromatic N) is 1. The van der Waals surface area contributed by atoms with Gasteiger partial charge in [-0.25, -0.2) is 4.98 Å². The van der Waals surface area contributed by atoms with Crippen LogP contribution < -0.4 is 0 Å². The van der Waals surface area contributed by atoms with Crippen molar-refractivity contribution >= 4 is 6.29 Å². The van der Waals surface area contributed by atoms with Gasteiger partial charge in [-0.1, -0.05) is 31.2 Å². The lowest BCUT2D eigenvalue weighted by Gasteiger charge is -2.01. The average molecular weight is 201 g/mol. The highest BCUT2D eigenvalue weighted by atomic mass is 16.3. The van der Waals surface area contributed by atoms with Gasteiger partial charge in [0.1, 0.15) is 11.5 Å². The van der Waals surface area contributed by atoms with Gasteiger partial charge in [-0.2, -0.15) is 0 Å². The molecule has 0 aliphatic rings. The molecule has 0 saturated carbocycles. The van der Waals surface area contributed by atoms with Crippen LogP contribution >= 0.6 is 0 Å². The summed E-state index contributed by atoms with van der Waals surface area (Å²) in [6, 6.07) is 7.37. The Morgan fingerprint density at radius 1 is 1.40 bits per heavy atom. The summed E-state index contributed by atoms with van der Waals surface area (Å²) in [5, 5.41) is 0.